The first-order valence-electron chi connectivity index (χ1n) is 11.2. The van der Waals surface area contributed by atoms with Crippen LogP contribution >= 0.6 is 12.2 Å². The van der Waals surface area contributed by atoms with Crippen molar-refractivity contribution in [2.75, 3.05) is 13.1 Å². The van der Waals surface area contributed by atoms with Gasteiger partial charge in [-0.15, -0.1) is 0 Å². The van der Waals surface area contributed by atoms with Crippen LogP contribution in [-0.2, 0) is 11.3 Å². The van der Waals surface area contributed by atoms with Crippen LogP contribution in [0, 0.1) is 16.6 Å². The van der Waals surface area contributed by atoms with E-state index in [-0.39, 0.29) is 5.92 Å². The van der Waals surface area contributed by atoms with E-state index in [4.69, 9.17) is 16.6 Å². The molecule has 6 nitrogen and oxygen atoms in total. The molecule has 0 unspecified atom stereocenters. The van der Waals surface area contributed by atoms with Crippen molar-refractivity contribution in [3.8, 4) is 22.5 Å². The Hall–Kier alpha value is -3.19. The third-order valence-corrected chi connectivity index (χ3v) is 6.96. The van der Waals surface area contributed by atoms with Crippen LogP contribution < -0.4 is 0 Å². The zero-order chi connectivity index (χ0) is 21.7. The normalized spacial score (nSPS) is 18.5. The molecule has 3 heterocycles. The van der Waals surface area contributed by atoms with Crippen LogP contribution in [-0.4, -0.2) is 38.7 Å². The molecule has 2 aromatic carbocycles. The number of carbonyl (C=O) groups is 1. The van der Waals surface area contributed by atoms with E-state index in [1.807, 2.05) is 17.0 Å². The number of rotatable bonds is 5. The van der Waals surface area contributed by atoms with Crippen LogP contribution in [0.1, 0.15) is 19.3 Å². The fourth-order valence-electron chi connectivity index (χ4n) is 4.69. The summed E-state index contributed by atoms with van der Waals surface area (Å²) >= 11 is 5.53. The Bertz CT molecular complexity index is 1350. The van der Waals surface area contributed by atoms with E-state index >= 15 is 0 Å². The first-order chi connectivity index (χ1) is 15.7. The van der Waals surface area contributed by atoms with E-state index < -0.39 is 0 Å². The molecule has 1 saturated heterocycles. The molecule has 2 aromatic heterocycles. The SMILES string of the molecule is O=C(C1CC1)N1CC[C@@H](Cn2c(-c3ccc(-c4ccc5occc5c4)cc3)n[nH]c2=S)C1. The zero-order valence-corrected chi connectivity index (χ0v) is 18.5. The summed E-state index contributed by atoms with van der Waals surface area (Å²) in [5.74, 6) is 1.88. The second-order valence-corrected chi connectivity index (χ2v) is 9.31. The van der Waals surface area contributed by atoms with E-state index in [0.29, 0.717) is 16.6 Å². The number of benzene rings is 2. The molecule has 0 bridgehead atoms. The van der Waals surface area contributed by atoms with Crippen LogP contribution in [0.4, 0.5) is 0 Å². The van der Waals surface area contributed by atoms with Gasteiger partial charge in [-0.25, -0.2) is 0 Å². The van der Waals surface area contributed by atoms with Crippen molar-refractivity contribution >= 4 is 29.1 Å². The van der Waals surface area contributed by atoms with Crippen molar-refractivity contribution in [3.05, 3.63) is 59.6 Å². The fourth-order valence-corrected chi connectivity index (χ4v) is 4.90. The standard InChI is InChI=1S/C25H24N4O2S/c30-24(19-5-6-19)28-11-9-16(14-28)15-29-23(26-27-25(29)32)18-3-1-17(2-4-18)20-7-8-22-21(13-20)10-12-31-22/h1-4,7-8,10,12-13,16,19H,5-6,9,11,14-15H2,(H,27,32)/t16-/m1/s1. The van der Waals surface area contributed by atoms with E-state index in [2.05, 4.69) is 51.2 Å². The summed E-state index contributed by atoms with van der Waals surface area (Å²) in [5, 5.41) is 8.57. The molecule has 1 N–H and O–H groups in total. The molecule has 1 aliphatic carbocycles. The molecule has 0 spiro atoms. The van der Waals surface area contributed by atoms with Gasteiger partial charge in [-0.05, 0) is 66.7 Å². The second-order valence-electron chi connectivity index (χ2n) is 8.93. The number of furan rings is 1. The second kappa shape index (κ2) is 7.74. The summed E-state index contributed by atoms with van der Waals surface area (Å²) in [4.78, 5) is 14.4. The van der Waals surface area contributed by atoms with Gasteiger partial charge in [-0.3, -0.25) is 14.5 Å². The molecule has 6 rings (SSSR count). The van der Waals surface area contributed by atoms with Gasteiger partial charge in [0.2, 0.25) is 5.91 Å². The zero-order valence-electron chi connectivity index (χ0n) is 17.7. The molecule has 1 amide bonds. The van der Waals surface area contributed by atoms with Gasteiger partial charge in [0.05, 0.1) is 6.26 Å². The van der Waals surface area contributed by atoms with Crippen LogP contribution in [0.3, 0.4) is 0 Å². The van der Waals surface area contributed by atoms with Crippen molar-refractivity contribution in [2.45, 2.75) is 25.8 Å². The average Bonchev–Trinajstić information content (AvgIpc) is 3.21. The lowest BCUT2D eigenvalue weighted by Gasteiger charge is -2.17. The maximum atomic E-state index is 12.4. The fraction of sp³-hybridized carbons (Fsp3) is 0.320. The smallest absolute Gasteiger partial charge is 0.225 e. The van der Waals surface area contributed by atoms with Crippen LogP contribution in [0.2, 0.25) is 0 Å². The Morgan fingerprint density at radius 3 is 2.66 bits per heavy atom. The largest absolute Gasteiger partial charge is 0.464 e. The summed E-state index contributed by atoms with van der Waals surface area (Å²) in [6.07, 6.45) is 4.84. The van der Waals surface area contributed by atoms with Gasteiger partial charge in [-0.1, -0.05) is 30.3 Å². The maximum Gasteiger partial charge on any atom is 0.225 e. The molecular formula is C25H24N4O2S. The molecule has 162 valence electrons. The number of nitrogens with one attached hydrogen (secondary N) is 1. The minimum atomic E-state index is 0.285. The summed E-state index contributed by atoms with van der Waals surface area (Å²) in [6, 6.07) is 16.6. The lowest BCUT2D eigenvalue weighted by atomic mass is 10.0. The van der Waals surface area contributed by atoms with E-state index in [0.717, 1.165) is 72.4 Å². The highest BCUT2D eigenvalue weighted by molar-refractivity contribution is 7.71. The topological polar surface area (TPSA) is 67.1 Å². The molecule has 4 aromatic rings. The monoisotopic (exact) mass is 444 g/mol. The Balaban J connectivity index is 1.22. The van der Waals surface area contributed by atoms with Crippen molar-refractivity contribution in [1.82, 2.24) is 19.7 Å². The Kier molecular flexibility index (Phi) is 4.72. The molecule has 1 saturated carbocycles. The van der Waals surface area contributed by atoms with Crippen LogP contribution in [0.25, 0.3) is 33.5 Å². The number of aromatic nitrogens is 3. The minimum Gasteiger partial charge on any atom is -0.464 e. The molecule has 2 aliphatic rings. The van der Waals surface area contributed by atoms with Crippen molar-refractivity contribution in [3.63, 3.8) is 0 Å². The van der Waals surface area contributed by atoms with Gasteiger partial charge in [0.25, 0.3) is 0 Å². The molecule has 32 heavy (non-hydrogen) atoms. The number of hydrogen-bond acceptors (Lipinski definition) is 4. The van der Waals surface area contributed by atoms with Crippen molar-refractivity contribution in [1.29, 1.82) is 0 Å². The third kappa shape index (κ3) is 3.56. The van der Waals surface area contributed by atoms with Crippen LogP contribution in [0.15, 0.2) is 59.2 Å². The van der Waals surface area contributed by atoms with Crippen molar-refractivity contribution in [2.24, 2.45) is 11.8 Å². The number of amides is 1. The third-order valence-electron chi connectivity index (χ3n) is 6.65. The highest BCUT2D eigenvalue weighted by Gasteiger charge is 2.36. The van der Waals surface area contributed by atoms with Crippen molar-refractivity contribution < 1.29 is 9.21 Å². The average molecular weight is 445 g/mol. The lowest BCUT2D eigenvalue weighted by molar-refractivity contribution is -0.131. The summed E-state index contributed by atoms with van der Waals surface area (Å²) < 4.78 is 8.15. The summed E-state index contributed by atoms with van der Waals surface area (Å²) in [7, 11) is 0. The first-order valence-corrected chi connectivity index (χ1v) is 11.6. The number of hydrogen-bond donors (Lipinski definition) is 1. The predicted octanol–water partition coefficient (Wildman–Crippen LogP) is 5.28. The number of aromatic amines is 1. The summed E-state index contributed by atoms with van der Waals surface area (Å²) in [5.41, 5.74) is 4.21. The Labute approximate surface area is 190 Å². The number of carbonyl (C=O) groups excluding carboxylic acids is 1. The number of H-pyrrole nitrogens is 1. The van der Waals surface area contributed by atoms with E-state index in [9.17, 15) is 4.79 Å². The van der Waals surface area contributed by atoms with Gasteiger partial charge >= 0.3 is 0 Å². The quantitative estimate of drug-likeness (QED) is 0.425. The van der Waals surface area contributed by atoms with E-state index in [1.165, 1.54) is 0 Å². The molecule has 7 heteroatoms. The highest BCUT2D eigenvalue weighted by Crippen LogP contribution is 2.33. The lowest BCUT2D eigenvalue weighted by Crippen LogP contribution is -2.30. The molecule has 0 radical (unpaired) electrons. The minimum absolute atomic E-state index is 0.285. The molecule has 2 fully saturated rings. The number of likely N-dealkylation sites (tertiary alicyclic amines) is 1. The molecular weight excluding hydrogens is 420 g/mol. The first kappa shape index (κ1) is 19.5. The number of nitrogens with zero attached hydrogens (tertiary/aromatic N) is 3. The highest BCUT2D eigenvalue weighted by atomic mass is 32.1. The van der Waals surface area contributed by atoms with E-state index in [1.54, 1.807) is 6.26 Å². The summed E-state index contributed by atoms with van der Waals surface area (Å²) in [6.45, 7) is 2.45. The van der Waals surface area contributed by atoms with Gasteiger partial charge in [0.15, 0.2) is 10.6 Å². The van der Waals surface area contributed by atoms with Gasteiger partial charge in [0, 0.05) is 36.5 Å². The van der Waals surface area contributed by atoms with Gasteiger partial charge < -0.3 is 9.32 Å². The van der Waals surface area contributed by atoms with Gasteiger partial charge in [-0.2, -0.15) is 5.10 Å². The maximum absolute atomic E-state index is 12.4. The van der Waals surface area contributed by atoms with Gasteiger partial charge in [0.1, 0.15) is 5.58 Å². The number of fused-ring (bicyclic) bond motifs is 1. The Morgan fingerprint density at radius 1 is 1.06 bits per heavy atom. The molecule has 1 aliphatic heterocycles. The Morgan fingerprint density at radius 2 is 1.84 bits per heavy atom. The van der Waals surface area contributed by atoms with Crippen LogP contribution in [0.5, 0.6) is 0 Å². The molecule has 1 atom stereocenters. The predicted molar refractivity (Wildman–Crippen MR) is 125 cm³/mol.